The van der Waals surface area contributed by atoms with Gasteiger partial charge in [0.05, 0.1) is 10.5 Å². The number of amides is 2. The molecule has 32 heavy (non-hydrogen) atoms. The SMILES string of the molecule is O=C(NN1C(=O)/C(=C\c2ccccc2)SC1c1ccc2c(c1)OCO2)c1ccccc1O. The maximum Gasteiger partial charge on any atom is 0.280 e. The Morgan fingerprint density at radius 1 is 1.03 bits per heavy atom. The fourth-order valence-electron chi connectivity index (χ4n) is 3.47. The van der Waals surface area contributed by atoms with E-state index in [1.54, 1.807) is 30.3 Å². The number of ether oxygens (including phenoxy) is 2. The van der Waals surface area contributed by atoms with E-state index in [1.165, 1.54) is 28.9 Å². The van der Waals surface area contributed by atoms with Crippen molar-refractivity contribution in [3.05, 3.63) is 94.4 Å². The van der Waals surface area contributed by atoms with Gasteiger partial charge in [-0.3, -0.25) is 15.0 Å². The summed E-state index contributed by atoms with van der Waals surface area (Å²) in [7, 11) is 0. The van der Waals surface area contributed by atoms with Crippen LogP contribution in [0.5, 0.6) is 17.2 Å². The molecule has 3 aromatic carbocycles. The first-order chi connectivity index (χ1) is 15.6. The summed E-state index contributed by atoms with van der Waals surface area (Å²) in [6, 6.07) is 21.1. The molecule has 2 amide bonds. The lowest BCUT2D eigenvalue weighted by Crippen LogP contribution is -2.44. The van der Waals surface area contributed by atoms with Gasteiger partial charge in [0.15, 0.2) is 11.5 Å². The highest BCUT2D eigenvalue weighted by Gasteiger charge is 2.39. The second-order valence-electron chi connectivity index (χ2n) is 7.14. The number of para-hydroxylation sites is 1. The number of aromatic hydroxyl groups is 1. The third-order valence-electron chi connectivity index (χ3n) is 5.05. The van der Waals surface area contributed by atoms with E-state index < -0.39 is 11.3 Å². The van der Waals surface area contributed by atoms with Gasteiger partial charge in [0.2, 0.25) is 6.79 Å². The number of benzene rings is 3. The highest BCUT2D eigenvalue weighted by Crippen LogP contribution is 2.47. The third kappa shape index (κ3) is 3.76. The lowest BCUT2D eigenvalue weighted by Gasteiger charge is -2.24. The maximum atomic E-state index is 13.3. The number of nitrogens with zero attached hydrogens (tertiary/aromatic N) is 1. The molecule has 0 radical (unpaired) electrons. The molecular formula is C24H18N2O5S. The number of carbonyl (C=O) groups is 2. The summed E-state index contributed by atoms with van der Waals surface area (Å²) in [4.78, 5) is 26.6. The zero-order valence-electron chi connectivity index (χ0n) is 16.7. The molecule has 2 heterocycles. The van der Waals surface area contributed by atoms with Crippen LogP contribution in [0.25, 0.3) is 6.08 Å². The normalized spacial score (nSPS) is 18.2. The lowest BCUT2D eigenvalue weighted by atomic mass is 10.2. The van der Waals surface area contributed by atoms with Crippen molar-refractivity contribution in [1.29, 1.82) is 0 Å². The van der Waals surface area contributed by atoms with E-state index in [2.05, 4.69) is 5.43 Å². The van der Waals surface area contributed by atoms with Crippen LogP contribution in [0.3, 0.4) is 0 Å². The highest BCUT2D eigenvalue weighted by molar-refractivity contribution is 8.04. The molecule has 1 unspecified atom stereocenters. The Bertz CT molecular complexity index is 1230. The van der Waals surface area contributed by atoms with Gasteiger partial charge in [-0.1, -0.05) is 60.3 Å². The number of carbonyl (C=O) groups excluding carboxylic acids is 2. The molecule has 0 saturated carbocycles. The summed E-state index contributed by atoms with van der Waals surface area (Å²) in [5.74, 6) is 0.133. The summed E-state index contributed by atoms with van der Waals surface area (Å²) >= 11 is 1.33. The van der Waals surface area contributed by atoms with Crippen molar-refractivity contribution in [1.82, 2.24) is 10.4 Å². The first kappa shape index (κ1) is 20.0. The Morgan fingerprint density at radius 3 is 2.59 bits per heavy atom. The minimum atomic E-state index is -0.580. The molecule has 5 rings (SSSR count). The number of hydrogen-bond donors (Lipinski definition) is 2. The smallest absolute Gasteiger partial charge is 0.280 e. The average Bonchev–Trinajstić information content (AvgIpc) is 3.39. The molecule has 8 heteroatoms. The van der Waals surface area contributed by atoms with E-state index in [-0.39, 0.29) is 24.0 Å². The third-order valence-corrected chi connectivity index (χ3v) is 6.31. The lowest BCUT2D eigenvalue weighted by molar-refractivity contribution is -0.128. The predicted octanol–water partition coefficient (Wildman–Crippen LogP) is 4.08. The number of fused-ring (bicyclic) bond motifs is 1. The van der Waals surface area contributed by atoms with Crippen LogP contribution in [0.1, 0.15) is 26.9 Å². The molecule has 2 aliphatic rings. The van der Waals surface area contributed by atoms with Gasteiger partial charge in [-0.05, 0) is 41.5 Å². The highest BCUT2D eigenvalue weighted by atomic mass is 32.2. The van der Waals surface area contributed by atoms with Crippen LogP contribution >= 0.6 is 11.8 Å². The molecule has 1 atom stereocenters. The molecule has 0 spiro atoms. The molecule has 2 aliphatic heterocycles. The number of phenols is 1. The Kier molecular flexibility index (Phi) is 5.20. The molecule has 1 saturated heterocycles. The zero-order chi connectivity index (χ0) is 22.1. The molecule has 2 N–H and O–H groups in total. The van der Waals surface area contributed by atoms with Crippen molar-refractivity contribution < 1.29 is 24.2 Å². The minimum absolute atomic E-state index is 0.0789. The molecule has 7 nitrogen and oxygen atoms in total. The second-order valence-corrected chi connectivity index (χ2v) is 8.26. The summed E-state index contributed by atoms with van der Waals surface area (Å²) in [6.45, 7) is 0.141. The van der Waals surface area contributed by atoms with Crippen molar-refractivity contribution in [2.75, 3.05) is 6.79 Å². The summed E-state index contributed by atoms with van der Waals surface area (Å²) in [5, 5.41) is 10.8. The average molecular weight is 446 g/mol. The van der Waals surface area contributed by atoms with Gasteiger partial charge >= 0.3 is 0 Å². The topological polar surface area (TPSA) is 88.1 Å². The zero-order valence-corrected chi connectivity index (χ0v) is 17.5. The Morgan fingerprint density at radius 2 is 1.78 bits per heavy atom. The largest absolute Gasteiger partial charge is 0.507 e. The Balaban J connectivity index is 1.50. The van der Waals surface area contributed by atoms with Crippen LogP contribution in [0.15, 0.2) is 77.7 Å². The van der Waals surface area contributed by atoms with Crippen molar-refractivity contribution in [2.45, 2.75) is 5.37 Å². The van der Waals surface area contributed by atoms with E-state index in [0.29, 0.717) is 16.4 Å². The number of nitrogens with one attached hydrogen (secondary N) is 1. The van der Waals surface area contributed by atoms with Crippen LogP contribution in [-0.2, 0) is 4.79 Å². The van der Waals surface area contributed by atoms with Gasteiger partial charge in [-0.2, -0.15) is 0 Å². The van der Waals surface area contributed by atoms with Crippen LogP contribution in [-0.4, -0.2) is 28.7 Å². The van der Waals surface area contributed by atoms with Crippen molar-refractivity contribution >= 4 is 29.7 Å². The van der Waals surface area contributed by atoms with E-state index >= 15 is 0 Å². The van der Waals surface area contributed by atoms with Gasteiger partial charge < -0.3 is 14.6 Å². The standard InChI is InChI=1S/C24H18N2O5S/c27-18-9-5-4-8-17(18)22(28)25-26-23(29)21(12-15-6-2-1-3-7-15)32-24(26)16-10-11-19-20(13-16)31-14-30-19/h1-13,24,27H,14H2,(H,25,28)/b21-12+. The van der Waals surface area contributed by atoms with Gasteiger partial charge in [0.1, 0.15) is 11.1 Å². The van der Waals surface area contributed by atoms with Gasteiger partial charge in [-0.15, -0.1) is 0 Å². The van der Waals surface area contributed by atoms with E-state index in [1.807, 2.05) is 36.4 Å². The van der Waals surface area contributed by atoms with Crippen LogP contribution < -0.4 is 14.9 Å². The first-order valence-corrected chi connectivity index (χ1v) is 10.7. The summed E-state index contributed by atoms with van der Waals surface area (Å²) in [6.07, 6.45) is 1.79. The number of hydrogen-bond acceptors (Lipinski definition) is 6. The molecule has 0 aromatic heterocycles. The molecule has 0 aliphatic carbocycles. The van der Waals surface area contributed by atoms with Crippen molar-refractivity contribution in [2.24, 2.45) is 0 Å². The van der Waals surface area contributed by atoms with Gasteiger partial charge in [0, 0.05) is 0 Å². The van der Waals surface area contributed by atoms with Crippen molar-refractivity contribution in [3.63, 3.8) is 0 Å². The van der Waals surface area contributed by atoms with Gasteiger partial charge in [-0.25, -0.2) is 5.01 Å². The number of rotatable bonds is 4. The fourth-order valence-corrected chi connectivity index (χ4v) is 4.65. The molecule has 3 aromatic rings. The fraction of sp³-hybridized carbons (Fsp3) is 0.0833. The van der Waals surface area contributed by atoms with E-state index in [9.17, 15) is 14.7 Å². The quantitative estimate of drug-likeness (QED) is 0.587. The number of thioether (sulfide) groups is 1. The molecule has 1 fully saturated rings. The van der Waals surface area contributed by atoms with Crippen LogP contribution in [0.4, 0.5) is 0 Å². The minimum Gasteiger partial charge on any atom is -0.507 e. The Hall–Kier alpha value is -3.91. The first-order valence-electron chi connectivity index (χ1n) is 9.85. The molecule has 160 valence electrons. The number of phenolic OH excluding ortho intramolecular Hbond substituents is 1. The van der Waals surface area contributed by atoms with E-state index in [0.717, 1.165) is 11.1 Å². The number of hydrazine groups is 1. The summed E-state index contributed by atoms with van der Waals surface area (Å²) in [5.41, 5.74) is 4.39. The summed E-state index contributed by atoms with van der Waals surface area (Å²) < 4.78 is 10.9. The van der Waals surface area contributed by atoms with Crippen molar-refractivity contribution in [3.8, 4) is 17.2 Å². The Labute approximate surface area is 188 Å². The van der Waals surface area contributed by atoms with Crippen LogP contribution in [0, 0.1) is 0 Å². The predicted molar refractivity (Wildman–Crippen MR) is 120 cm³/mol. The van der Waals surface area contributed by atoms with E-state index in [4.69, 9.17) is 9.47 Å². The molecule has 0 bridgehead atoms. The van der Waals surface area contributed by atoms with Gasteiger partial charge in [0.25, 0.3) is 11.8 Å². The van der Waals surface area contributed by atoms with Crippen LogP contribution in [0.2, 0.25) is 0 Å². The second kappa shape index (κ2) is 8.32. The monoisotopic (exact) mass is 446 g/mol. The maximum absolute atomic E-state index is 13.3. The molecular weight excluding hydrogens is 428 g/mol.